The van der Waals surface area contributed by atoms with E-state index in [1.54, 1.807) is 0 Å². The van der Waals surface area contributed by atoms with Crippen molar-refractivity contribution < 1.29 is 19.2 Å². The third-order valence-corrected chi connectivity index (χ3v) is 8.82. The van der Waals surface area contributed by atoms with Crippen molar-refractivity contribution >= 4 is 24.5 Å². The van der Waals surface area contributed by atoms with Gasteiger partial charge in [0.15, 0.2) is 6.40 Å². The number of urea groups is 3. The van der Waals surface area contributed by atoms with Gasteiger partial charge in [0.2, 0.25) is 0 Å². The number of unbranched alkanes of at least 4 members (excludes halogenated alkanes) is 6. The zero-order valence-corrected chi connectivity index (χ0v) is 32.4. The fraction of sp³-hybridized carbons (Fsp3) is 0.886. The average Bonchev–Trinajstić information content (AvgIpc) is 3.17. The zero-order chi connectivity index (χ0) is 38.5. The molecule has 0 unspecified atom stereocenters. The van der Waals surface area contributed by atoms with Gasteiger partial charge in [0.05, 0.1) is 0 Å². The Morgan fingerprint density at radius 3 is 1.28 bits per heavy atom. The number of carbonyl (C=O) groups is 3. The Morgan fingerprint density at radius 2 is 0.907 bits per heavy atom. The zero-order valence-electron chi connectivity index (χ0n) is 32.4. The smallest absolute Gasteiger partial charge is 0.314 e. The van der Waals surface area contributed by atoms with Gasteiger partial charge in [-0.2, -0.15) is 5.48 Å². The molecule has 0 aromatic heterocycles. The largest absolute Gasteiger partial charge is 0.397 e. The summed E-state index contributed by atoms with van der Waals surface area (Å²) in [6.45, 7) is 20.7. The van der Waals surface area contributed by atoms with E-state index in [0.717, 1.165) is 169 Å². The van der Waals surface area contributed by atoms with Crippen molar-refractivity contribution in [2.45, 2.75) is 58.8 Å². The molecule has 0 spiro atoms. The van der Waals surface area contributed by atoms with Gasteiger partial charge in [-0.15, -0.1) is 0 Å². The van der Waals surface area contributed by atoms with E-state index < -0.39 is 6.03 Å². The summed E-state index contributed by atoms with van der Waals surface area (Å²) in [7, 11) is 0. The summed E-state index contributed by atoms with van der Waals surface area (Å²) in [5.74, 6) is 0. The molecule has 3 heterocycles. The first-order valence-corrected chi connectivity index (χ1v) is 19.9. The number of rotatable bonds is 24. The summed E-state index contributed by atoms with van der Waals surface area (Å²) in [6.07, 6.45) is 8.92. The van der Waals surface area contributed by atoms with Crippen LogP contribution in [0.1, 0.15) is 58.8 Å². The van der Waals surface area contributed by atoms with Crippen LogP contribution in [-0.2, 0) is 4.84 Å². The maximum atomic E-state index is 11.8. The third kappa shape index (κ3) is 33.5. The van der Waals surface area contributed by atoms with E-state index in [1.165, 1.54) is 0 Å². The van der Waals surface area contributed by atoms with Gasteiger partial charge in [-0.1, -0.05) is 33.1 Å². The molecule has 3 saturated heterocycles. The molecule has 6 amide bonds. The van der Waals surface area contributed by atoms with Crippen molar-refractivity contribution in [3.8, 4) is 0 Å². The van der Waals surface area contributed by atoms with Crippen LogP contribution in [0.2, 0.25) is 0 Å². The van der Waals surface area contributed by atoms with E-state index in [0.29, 0.717) is 32.7 Å². The van der Waals surface area contributed by atoms with Gasteiger partial charge in [-0.05, 0) is 25.7 Å². The van der Waals surface area contributed by atoms with E-state index in [2.05, 4.69) is 67.6 Å². The van der Waals surface area contributed by atoms with Gasteiger partial charge in [0.25, 0.3) is 0 Å². The number of nitrogens with one attached hydrogen (secondary N) is 10. The standard InChI is InChI=1S/C20H42N8O2.C8H18N4O2.C6H15N3.CH4/c29-19(25-11-17-27-13-7-21-8-14-27)23-5-3-1-2-4-6-24-20(30)26-12-18-28-15-9-22-10-16-28;9-7-14-12-6-4-2-1-3-5-11-8(10)13;7-1-4-9-5-2-8-3-6-9;/h21-22H,1-18H2,(H2,23,25,29)(H2,24,26,30);7,9,12H,1-6H2,(H3,10,11,13);8H,1-7H2;1H4. The monoisotopic (exact) mass is 774 g/mol. The number of hydroxylamine groups is 1. The highest BCUT2D eigenvalue weighted by molar-refractivity contribution is 5.74. The average molecular weight is 774 g/mol. The normalized spacial score (nSPS) is 16.2. The van der Waals surface area contributed by atoms with Crippen LogP contribution in [0.4, 0.5) is 14.4 Å². The molecule has 3 aliphatic rings. The molecule has 0 aromatic carbocycles. The van der Waals surface area contributed by atoms with Crippen LogP contribution in [-0.4, -0.2) is 183 Å². The number of primary amides is 1. The SMILES string of the molecule is C.N=CONCCCCCCNC(N)=O.NCCN1CCNCC1.O=C(NCCCCCCNC(=O)NCCN1CCNCC1)NCCN1CCNCC1. The summed E-state index contributed by atoms with van der Waals surface area (Å²) in [6, 6.07) is -0.625. The molecule has 3 fully saturated rings. The summed E-state index contributed by atoms with van der Waals surface area (Å²) in [5, 5.41) is 30.7. The Morgan fingerprint density at radius 1 is 0.556 bits per heavy atom. The predicted molar refractivity (Wildman–Crippen MR) is 219 cm³/mol. The molecular formula is C35H79N15O4. The summed E-state index contributed by atoms with van der Waals surface area (Å²) in [5.41, 5.74) is 12.9. The van der Waals surface area contributed by atoms with Crippen LogP contribution in [0.25, 0.3) is 0 Å². The Kier molecular flexibility index (Phi) is 36.1. The first kappa shape index (κ1) is 51.0. The number of piperazine rings is 3. The second-order valence-corrected chi connectivity index (χ2v) is 13.2. The molecule has 0 saturated carbocycles. The van der Waals surface area contributed by atoms with E-state index in [9.17, 15) is 14.4 Å². The number of amides is 6. The van der Waals surface area contributed by atoms with E-state index in [1.807, 2.05) is 0 Å². The van der Waals surface area contributed by atoms with E-state index >= 15 is 0 Å². The Labute approximate surface area is 325 Å². The van der Waals surface area contributed by atoms with Crippen LogP contribution in [0.3, 0.4) is 0 Å². The predicted octanol–water partition coefficient (Wildman–Crippen LogP) is -1.21. The molecule has 54 heavy (non-hydrogen) atoms. The molecule has 0 aromatic rings. The second-order valence-electron chi connectivity index (χ2n) is 13.2. The number of nitrogens with two attached hydrogens (primary N) is 2. The van der Waals surface area contributed by atoms with E-state index in [4.69, 9.17) is 16.9 Å². The minimum Gasteiger partial charge on any atom is -0.397 e. The molecule has 3 rings (SSSR count). The third-order valence-electron chi connectivity index (χ3n) is 8.82. The maximum absolute atomic E-state index is 11.8. The molecule has 0 aliphatic carbocycles. The number of carbonyl (C=O) groups excluding carboxylic acids is 3. The van der Waals surface area contributed by atoms with E-state index in [-0.39, 0.29) is 19.5 Å². The van der Waals surface area contributed by atoms with Crippen molar-refractivity contribution in [1.82, 2.24) is 62.7 Å². The fourth-order valence-electron chi connectivity index (χ4n) is 5.76. The topological polar surface area (TPSA) is 254 Å². The quantitative estimate of drug-likeness (QED) is 0.0239. The summed E-state index contributed by atoms with van der Waals surface area (Å²) in [4.78, 5) is 45.4. The highest BCUT2D eigenvalue weighted by Gasteiger charge is 2.10. The maximum Gasteiger partial charge on any atom is 0.314 e. The summed E-state index contributed by atoms with van der Waals surface area (Å²) >= 11 is 0. The Bertz CT molecular complexity index is 846. The number of hydrogen-bond donors (Lipinski definition) is 12. The van der Waals surface area contributed by atoms with Gasteiger partial charge in [-0.3, -0.25) is 20.1 Å². The highest BCUT2D eigenvalue weighted by atomic mass is 16.6. The highest BCUT2D eigenvalue weighted by Crippen LogP contribution is 1.99. The molecule has 0 radical (unpaired) electrons. The first-order valence-electron chi connectivity index (χ1n) is 19.9. The van der Waals surface area contributed by atoms with Crippen molar-refractivity contribution in [3.05, 3.63) is 0 Å². The Balaban J connectivity index is 0.000000963. The van der Waals surface area contributed by atoms with Crippen LogP contribution < -0.4 is 59.5 Å². The minimum atomic E-state index is -0.467. The Hall–Kier alpha value is -3.04. The summed E-state index contributed by atoms with van der Waals surface area (Å²) < 4.78 is 0. The molecule has 19 heteroatoms. The van der Waals surface area contributed by atoms with Crippen molar-refractivity contribution in [3.63, 3.8) is 0 Å². The van der Waals surface area contributed by atoms with Crippen LogP contribution >= 0.6 is 0 Å². The molecule has 19 nitrogen and oxygen atoms in total. The van der Waals surface area contributed by atoms with Crippen molar-refractivity contribution in [1.29, 1.82) is 5.41 Å². The molecule has 318 valence electrons. The van der Waals surface area contributed by atoms with Crippen molar-refractivity contribution in [2.24, 2.45) is 11.5 Å². The minimum absolute atomic E-state index is 0. The molecule has 3 aliphatic heterocycles. The van der Waals surface area contributed by atoms with Crippen LogP contribution in [0, 0.1) is 5.41 Å². The molecule has 0 bridgehead atoms. The molecular weight excluding hydrogens is 694 g/mol. The van der Waals surface area contributed by atoms with Crippen LogP contribution in [0.5, 0.6) is 0 Å². The lowest BCUT2D eigenvalue weighted by molar-refractivity contribution is 0.189. The second kappa shape index (κ2) is 38.2. The fourth-order valence-corrected chi connectivity index (χ4v) is 5.76. The molecule has 14 N–H and O–H groups in total. The van der Waals surface area contributed by atoms with Gasteiger partial charge >= 0.3 is 18.1 Å². The van der Waals surface area contributed by atoms with Gasteiger partial charge in [0.1, 0.15) is 0 Å². The van der Waals surface area contributed by atoms with Crippen molar-refractivity contribution in [2.75, 3.05) is 144 Å². The van der Waals surface area contributed by atoms with Crippen LogP contribution in [0.15, 0.2) is 0 Å². The number of hydrogen-bond acceptors (Lipinski definition) is 13. The lowest BCUT2D eigenvalue weighted by Crippen LogP contribution is -2.47. The first-order chi connectivity index (χ1) is 25.9. The lowest BCUT2D eigenvalue weighted by atomic mass is 10.2. The number of nitrogens with zero attached hydrogens (tertiary/aromatic N) is 3. The van der Waals surface area contributed by atoms with Gasteiger partial charge in [-0.25, -0.2) is 14.4 Å². The molecule has 0 atom stereocenters. The van der Waals surface area contributed by atoms with Gasteiger partial charge < -0.3 is 58.8 Å². The van der Waals surface area contributed by atoms with Gasteiger partial charge in [0, 0.05) is 144 Å². The lowest BCUT2D eigenvalue weighted by Gasteiger charge is -2.27.